The minimum absolute atomic E-state index is 0.0220. The van der Waals surface area contributed by atoms with Gasteiger partial charge in [-0.2, -0.15) is 13.2 Å². The van der Waals surface area contributed by atoms with Crippen molar-refractivity contribution in [3.63, 3.8) is 0 Å². The van der Waals surface area contributed by atoms with Crippen molar-refractivity contribution in [3.05, 3.63) is 149 Å². The summed E-state index contributed by atoms with van der Waals surface area (Å²) in [5, 5.41) is 4.61. The van der Waals surface area contributed by atoms with Gasteiger partial charge in [-0.05, 0) is 117 Å². The fraction of sp³-hybridized carbons (Fsp3) is 0.240. The van der Waals surface area contributed by atoms with Gasteiger partial charge < -0.3 is 9.80 Å². The van der Waals surface area contributed by atoms with Crippen LogP contribution in [-0.4, -0.2) is 12.2 Å². The summed E-state index contributed by atoms with van der Waals surface area (Å²) in [5.41, 5.74) is 10.2. The number of hydrogen-bond donors (Lipinski definition) is 0. The monoisotopic (exact) mass is 774 g/mol. The van der Waals surface area contributed by atoms with Crippen LogP contribution >= 0.6 is 11.8 Å². The summed E-state index contributed by atoms with van der Waals surface area (Å²) >= 11 is 0.0220. The van der Waals surface area contributed by atoms with E-state index in [4.69, 9.17) is 0 Å². The molecule has 7 aromatic rings. The Hall–Kier alpha value is -5.14. The standard InChI is InChI=1S/C50H46BF3N2S/c1-30-15-19-33(20-16-30)55-43-27-32(29-57-50(52,53)54)28-44-45(43)51(41-25-23-35-37(46(41)55)11-9-13-39(35)48(3,4)5)42-26-24-36-38(12-10-14-40(36)49(6,7)8)47(42)56(44)34-21-17-31(2)18-22-34/h9-28H,29H2,1-8H3. The predicted molar refractivity (Wildman–Crippen MR) is 240 cm³/mol. The van der Waals surface area contributed by atoms with Crippen LogP contribution in [0.15, 0.2) is 121 Å². The number of halogens is 3. The van der Waals surface area contributed by atoms with Crippen LogP contribution in [0.2, 0.25) is 0 Å². The zero-order valence-corrected chi connectivity index (χ0v) is 34.6. The summed E-state index contributed by atoms with van der Waals surface area (Å²) in [6.45, 7) is 17.5. The zero-order chi connectivity index (χ0) is 40.2. The molecule has 0 saturated heterocycles. The van der Waals surface area contributed by atoms with Gasteiger partial charge in [-0.25, -0.2) is 0 Å². The lowest BCUT2D eigenvalue weighted by Gasteiger charge is -2.45. The molecule has 0 unspecified atom stereocenters. The Morgan fingerprint density at radius 1 is 0.526 bits per heavy atom. The SMILES string of the molecule is Cc1ccc(N2c3cc(CSC(F)(F)F)cc4c3B(c3ccc5c(C(C)(C)C)cccc5c32)c2ccc3c(C(C)(C)C)cccc3c2N4c2ccc(C)cc2)cc1. The van der Waals surface area contributed by atoms with Crippen LogP contribution < -0.4 is 26.2 Å². The zero-order valence-electron chi connectivity index (χ0n) is 33.8. The van der Waals surface area contributed by atoms with Crippen molar-refractivity contribution >= 4 is 90.5 Å². The number of anilines is 6. The number of benzene rings is 7. The molecule has 7 heteroatoms. The minimum atomic E-state index is -4.37. The van der Waals surface area contributed by atoms with Gasteiger partial charge in [-0.1, -0.05) is 138 Å². The van der Waals surface area contributed by atoms with Crippen LogP contribution in [0.25, 0.3) is 21.5 Å². The summed E-state index contributed by atoms with van der Waals surface area (Å²) < 4.78 is 42.1. The van der Waals surface area contributed by atoms with Gasteiger partial charge in [0.15, 0.2) is 0 Å². The maximum Gasteiger partial charge on any atom is 0.442 e. The third-order valence-corrected chi connectivity index (χ3v) is 12.6. The van der Waals surface area contributed by atoms with Gasteiger partial charge in [0.2, 0.25) is 0 Å². The molecule has 2 aliphatic rings. The lowest BCUT2D eigenvalue weighted by atomic mass is 9.33. The summed E-state index contributed by atoms with van der Waals surface area (Å²) in [6, 6.07) is 43.5. The van der Waals surface area contributed by atoms with Crippen molar-refractivity contribution in [1.82, 2.24) is 0 Å². The van der Waals surface area contributed by atoms with Crippen LogP contribution in [0.4, 0.5) is 47.3 Å². The summed E-state index contributed by atoms with van der Waals surface area (Å²) in [5.74, 6) is -0.203. The van der Waals surface area contributed by atoms with E-state index in [-0.39, 0.29) is 35.1 Å². The smallest absolute Gasteiger partial charge is 0.311 e. The van der Waals surface area contributed by atoms with Gasteiger partial charge in [-0.3, -0.25) is 0 Å². The van der Waals surface area contributed by atoms with Crippen LogP contribution in [0.5, 0.6) is 0 Å². The molecule has 2 aliphatic heterocycles. The first-order chi connectivity index (χ1) is 27.0. The summed E-state index contributed by atoms with van der Waals surface area (Å²) in [7, 11) is 0. The number of rotatable bonds is 4. The number of nitrogens with zero attached hydrogens (tertiary/aromatic N) is 2. The second kappa shape index (κ2) is 13.2. The molecule has 0 aromatic heterocycles. The average Bonchev–Trinajstić information content (AvgIpc) is 3.16. The molecule has 9 rings (SSSR count). The maximum atomic E-state index is 14.0. The molecule has 0 fully saturated rings. The molecule has 2 nitrogen and oxygen atoms in total. The van der Waals surface area contributed by atoms with E-state index in [0.29, 0.717) is 5.56 Å². The highest BCUT2D eigenvalue weighted by Gasteiger charge is 2.45. The average molecular weight is 775 g/mol. The molecule has 0 bridgehead atoms. The minimum Gasteiger partial charge on any atom is -0.311 e. The van der Waals surface area contributed by atoms with E-state index < -0.39 is 5.51 Å². The van der Waals surface area contributed by atoms with Crippen molar-refractivity contribution in [2.45, 2.75) is 77.5 Å². The van der Waals surface area contributed by atoms with Crippen LogP contribution in [-0.2, 0) is 16.6 Å². The molecule has 0 aliphatic carbocycles. The van der Waals surface area contributed by atoms with Crippen molar-refractivity contribution in [2.24, 2.45) is 0 Å². The van der Waals surface area contributed by atoms with E-state index >= 15 is 0 Å². The molecule has 0 radical (unpaired) electrons. The first-order valence-corrected chi connectivity index (χ1v) is 20.7. The molecule has 0 saturated carbocycles. The third-order valence-electron chi connectivity index (χ3n) is 11.8. The van der Waals surface area contributed by atoms with E-state index in [1.807, 2.05) is 12.1 Å². The van der Waals surface area contributed by atoms with Gasteiger partial charge in [-0.15, -0.1) is 0 Å². The fourth-order valence-corrected chi connectivity index (χ4v) is 9.72. The molecule has 0 spiro atoms. The van der Waals surface area contributed by atoms with E-state index in [1.54, 1.807) is 0 Å². The molecular weight excluding hydrogens is 728 g/mol. The Kier molecular flexibility index (Phi) is 8.67. The summed E-state index contributed by atoms with van der Waals surface area (Å²) in [6.07, 6.45) is 0. The van der Waals surface area contributed by atoms with Crippen LogP contribution in [0, 0.1) is 13.8 Å². The lowest BCUT2D eigenvalue weighted by Crippen LogP contribution is -2.61. The molecule has 0 N–H and O–H groups in total. The Morgan fingerprint density at radius 2 is 0.947 bits per heavy atom. The molecule has 7 aromatic carbocycles. The third kappa shape index (κ3) is 6.30. The van der Waals surface area contributed by atoms with Gasteiger partial charge in [0.05, 0.1) is 0 Å². The van der Waals surface area contributed by atoms with E-state index in [0.717, 1.165) is 61.5 Å². The predicted octanol–water partition coefficient (Wildman–Crippen LogP) is 13.0. The quantitative estimate of drug-likeness (QED) is 0.164. The molecule has 2 heterocycles. The molecule has 286 valence electrons. The van der Waals surface area contributed by atoms with Crippen LogP contribution in [0.1, 0.15) is 69.4 Å². The second-order valence-corrected chi connectivity index (χ2v) is 18.9. The number of thioether (sulfide) groups is 1. The van der Waals surface area contributed by atoms with Gasteiger partial charge in [0, 0.05) is 50.6 Å². The molecular formula is C50H46BF3N2S. The normalized spacial score (nSPS) is 13.9. The van der Waals surface area contributed by atoms with Crippen molar-refractivity contribution in [2.75, 3.05) is 9.80 Å². The largest absolute Gasteiger partial charge is 0.442 e. The van der Waals surface area contributed by atoms with E-state index in [9.17, 15) is 13.2 Å². The lowest BCUT2D eigenvalue weighted by molar-refractivity contribution is -0.0329. The van der Waals surface area contributed by atoms with Gasteiger partial charge >= 0.3 is 5.51 Å². The number of aryl methyl sites for hydroxylation is 2. The fourth-order valence-electron chi connectivity index (χ4n) is 9.23. The highest BCUT2D eigenvalue weighted by Crippen LogP contribution is 2.50. The van der Waals surface area contributed by atoms with Gasteiger partial charge in [0.25, 0.3) is 6.71 Å². The van der Waals surface area contributed by atoms with Gasteiger partial charge in [0.1, 0.15) is 0 Å². The summed E-state index contributed by atoms with van der Waals surface area (Å²) in [4.78, 5) is 4.66. The van der Waals surface area contributed by atoms with Crippen molar-refractivity contribution in [3.8, 4) is 0 Å². The first-order valence-electron chi connectivity index (χ1n) is 19.7. The number of fused-ring (bicyclic) bond motifs is 8. The van der Waals surface area contributed by atoms with Crippen molar-refractivity contribution in [1.29, 1.82) is 0 Å². The number of alkyl halides is 3. The Balaban J connectivity index is 1.46. The first kappa shape index (κ1) is 37.4. The highest BCUT2D eigenvalue weighted by atomic mass is 32.2. The van der Waals surface area contributed by atoms with Crippen molar-refractivity contribution < 1.29 is 13.2 Å². The maximum absolute atomic E-state index is 14.0. The molecule has 0 atom stereocenters. The van der Waals surface area contributed by atoms with E-state index in [2.05, 4.69) is 174 Å². The Labute approximate surface area is 338 Å². The van der Waals surface area contributed by atoms with Crippen LogP contribution in [0.3, 0.4) is 0 Å². The van der Waals surface area contributed by atoms with E-state index in [1.165, 1.54) is 32.8 Å². The molecule has 57 heavy (non-hydrogen) atoms. The molecule has 0 amide bonds. The highest BCUT2D eigenvalue weighted by molar-refractivity contribution is 7.99. The Morgan fingerprint density at radius 3 is 1.33 bits per heavy atom. The topological polar surface area (TPSA) is 6.48 Å². The second-order valence-electron chi connectivity index (χ2n) is 17.9. The number of hydrogen-bond acceptors (Lipinski definition) is 3. The Bertz CT molecular complexity index is 2550.